The number of ether oxygens (including phenoxy) is 4. The third-order valence-corrected chi connectivity index (χ3v) is 8.96. The first-order valence-corrected chi connectivity index (χ1v) is 18.7. The van der Waals surface area contributed by atoms with Gasteiger partial charge in [-0.2, -0.15) is 0 Å². The summed E-state index contributed by atoms with van der Waals surface area (Å²) in [6, 6.07) is 7.07. The molecule has 5 rings (SSSR count). The minimum Gasteiger partial charge on any atom is -0.462 e. The average Bonchev–Trinajstić information content (AvgIpc) is 3.21. The van der Waals surface area contributed by atoms with Crippen LogP contribution in [0, 0.1) is 0 Å². The fraction of sp³-hybridized carbons (Fsp3) is 0.400. The van der Waals surface area contributed by atoms with Gasteiger partial charge in [-0.05, 0) is 52.0 Å². The first-order valence-electron chi connectivity index (χ1n) is 18.7. The van der Waals surface area contributed by atoms with E-state index in [1.807, 2.05) is 0 Å². The molecule has 0 unspecified atom stereocenters. The van der Waals surface area contributed by atoms with Crippen molar-refractivity contribution in [2.24, 2.45) is 0 Å². The monoisotopic (exact) mass is 768 g/mol. The van der Waals surface area contributed by atoms with Crippen LogP contribution in [0.5, 0.6) is 0 Å². The Morgan fingerprint density at radius 3 is 0.768 bits per heavy atom. The zero-order valence-corrected chi connectivity index (χ0v) is 32.3. The van der Waals surface area contributed by atoms with E-state index < -0.39 is 23.9 Å². The largest absolute Gasteiger partial charge is 0.462 e. The van der Waals surface area contributed by atoms with Crippen molar-refractivity contribution in [2.75, 3.05) is 98.4 Å². The van der Waals surface area contributed by atoms with Gasteiger partial charge in [-0.15, -0.1) is 0 Å². The predicted octanol–water partition coefficient (Wildman–Crippen LogP) is 4.31. The molecule has 0 radical (unpaired) electrons. The fourth-order valence-corrected chi connectivity index (χ4v) is 6.15. The van der Waals surface area contributed by atoms with Crippen LogP contribution in [0.1, 0.15) is 69.1 Å². The maximum Gasteiger partial charge on any atom is 0.339 e. The van der Waals surface area contributed by atoms with Crippen LogP contribution in [0.2, 0.25) is 0 Å². The maximum atomic E-state index is 12.7. The van der Waals surface area contributed by atoms with Gasteiger partial charge in [0.15, 0.2) is 0 Å². The van der Waals surface area contributed by atoms with Crippen molar-refractivity contribution in [1.29, 1.82) is 0 Å². The Bertz CT molecular complexity index is 1670. The highest BCUT2D eigenvalue weighted by Crippen LogP contribution is 2.23. The van der Waals surface area contributed by atoms with Gasteiger partial charge in [0.25, 0.3) is 0 Å². The molecule has 16 nitrogen and oxygen atoms in total. The summed E-state index contributed by atoms with van der Waals surface area (Å²) < 4.78 is 21.1. The van der Waals surface area contributed by atoms with Crippen LogP contribution in [0.15, 0.2) is 73.8 Å². The second-order valence-corrected chi connectivity index (χ2v) is 12.6. The van der Waals surface area contributed by atoms with Crippen molar-refractivity contribution in [3.63, 3.8) is 0 Å². The second kappa shape index (κ2) is 20.4. The van der Waals surface area contributed by atoms with Crippen LogP contribution in [0.3, 0.4) is 0 Å². The molecule has 0 saturated carbocycles. The maximum absolute atomic E-state index is 12.7. The van der Waals surface area contributed by atoms with Crippen LogP contribution in [-0.2, 0) is 18.9 Å². The molecule has 16 heteroatoms. The highest BCUT2D eigenvalue weighted by atomic mass is 16.5. The molecule has 0 amide bonds. The Morgan fingerprint density at radius 1 is 0.393 bits per heavy atom. The molecular weight excluding hydrogens is 720 g/mol. The van der Waals surface area contributed by atoms with Crippen molar-refractivity contribution in [3.05, 3.63) is 96.1 Å². The molecule has 0 atom stereocenters. The molecule has 0 aromatic carbocycles. The predicted molar refractivity (Wildman–Crippen MR) is 210 cm³/mol. The van der Waals surface area contributed by atoms with Crippen molar-refractivity contribution in [1.82, 2.24) is 19.9 Å². The van der Waals surface area contributed by atoms with E-state index in [0.717, 1.165) is 0 Å². The number of hydrogen-bond donors (Lipinski definition) is 0. The van der Waals surface area contributed by atoms with Gasteiger partial charge in [0.05, 0.1) is 96.2 Å². The second-order valence-electron chi connectivity index (χ2n) is 12.6. The molecule has 1 fully saturated rings. The van der Waals surface area contributed by atoms with Crippen LogP contribution in [0.25, 0.3) is 0 Å². The third-order valence-electron chi connectivity index (χ3n) is 8.96. The molecule has 1 saturated heterocycles. The third kappa shape index (κ3) is 10.9. The fourth-order valence-electron chi connectivity index (χ4n) is 6.15. The summed E-state index contributed by atoms with van der Waals surface area (Å²) in [6.45, 7) is 11.8. The molecule has 1 aliphatic heterocycles. The van der Waals surface area contributed by atoms with Crippen molar-refractivity contribution in [2.45, 2.75) is 27.7 Å². The van der Waals surface area contributed by atoms with Gasteiger partial charge in [0.2, 0.25) is 0 Å². The Kier molecular flexibility index (Phi) is 14.9. The lowest BCUT2D eigenvalue weighted by atomic mass is 10.2. The smallest absolute Gasteiger partial charge is 0.339 e. The van der Waals surface area contributed by atoms with Crippen LogP contribution in [-0.4, -0.2) is 123 Å². The molecular formula is C40H48N8O8. The lowest BCUT2D eigenvalue weighted by Gasteiger charge is -2.37. The van der Waals surface area contributed by atoms with Crippen molar-refractivity contribution >= 4 is 46.6 Å². The molecule has 4 aromatic rings. The Labute approximate surface area is 326 Å². The molecule has 56 heavy (non-hydrogen) atoms. The van der Waals surface area contributed by atoms with E-state index in [1.165, 1.54) is 24.8 Å². The standard InChI is InChI=1S/C40H48N8O8/c1-5-53-37(49)29-17-33(25-41-21-29)45-9-11-46(34-18-30(22-42-26-34)38(50)54-6-2)13-15-48(36-20-32(24-44-28-36)40(52)56-8-4)16-14-47(12-10-45)35-19-31(23-43-27-35)39(51)55-7-3/h17-28H,5-16H2,1-4H3. The summed E-state index contributed by atoms with van der Waals surface area (Å²) in [5.41, 5.74) is 4.18. The molecule has 1 aliphatic rings. The average molecular weight is 769 g/mol. The molecule has 0 aliphatic carbocycles. The van der Waals surface area contributed by atoms with Gasteiger partial charge in [0, 0.05) is 77.1 Å². The van der Waals surface area contributed by atoms with Crippen LogP contribution >= 0.6 is 0 Å². The number of aromatic nitrogens is 4. The molecule has 0 bridgehead atoms. The Balaban J connectivity index is 1.55. The number of anilines is 4. The molecule has 0 spiro atoms. The first-order chi connectivity index (χ1) is 27.2. The number of esters is 4. The van der Waals surface area contributed by atoms with Crippen LogP contribution in [0.4, 0.5) is 22.7 Å². The van der Waals surface area contributed by atoms with E-state index in [0.29, 0.717) is 97.4 Å². The first kappa shape index (κ1) is 40.9. The van der Waals surface area contributed by atoms with Gasteiger partial charge in [-0.25, -0.2) is 19.2 Å². The lowest BCUT2D eigenvalue weighted by Crippen LogP contribution is -2.46. The molecule has 0 N–H and O–H groups in total. The zero-order chi connectivity index (χ0) is 39.9. The van der Waals surface area contributed by atoms with E-state index in [1.54, 1.807) is 76.7 Å². The van der Waals surface area contributed by atoms with Gasteiger partial charge >= 0.3 is 23.9 Å². The minimum atomic E-state index is -0.468. The topological polar surface area (TPSA) is 170 Å². The number of pyridine rings is 4. The van der Waals surface area contributed by atoms with Crippen LogP contribution < -0.4 is 19.6 Å². The van der Waals surface area contributed by atoms with E-state index in [2.05, 4.69) is 39.5 Å². The Hall–Kier alpha value is -6.32. The number of rotatable bonds is 12. The number of carbonyl (C=O) groups is 4. The zero-order valence-electron chi connectivity index (χ0n) is 32.3. The SMILES string of the molecule is CCOC(=O)c1cncc(N2CCN(c3cncc(C(=O)OCC)c3)CCN(c3cncc(C(=O)OCC)c3)CCN(c3cncc(C(=O)OCC)c3)CC2)c1. The van der Waals surface area contributed by atoms with E-state index in [-0.39, 0.29) is 26.4 Å². The van der Waals surface area contributed by atoms with E-state index in [9.17, 15) is 19.2 Å². The number of nitrogens with zero attached hydrogens (tertiary/aromatic N) is 8. The summed E-state index contributed by atoms with van der Waals surface area (Å²) in [6.07, 6.45) is 12.8. The summed E-state index contributed by atoms with van der Waals surface area (Å²) in [5.74, 6) is -1.87. The lowest BCUT2D eigenvalue weighted by molar-refractivity contribution is 0.0516. The molecule has 296 valence electrons. The van der Waals surface area contributed by atoms with Gasteiger partial charge in [-0.3, -0.25) is 19.9 Å². The summed E-state index contributed by atoms with van der Waals surface area (Å²) in [5, 5.41) is 0. The van der Waals surface area contributed by atoms with Crippen molar-refractivity contribution in [3.8, 4) is 0 Å². The quantitative estimate of drug-likeness (QED) is 0.147. The van der Waals surface area contributed by atoms with Gasteiger partial charge in [0.1, 0.15) is 0 Å². The molecule has 4 aromatic heterocycles. The normalized spacial score (nSPS) is 13.9. The Morgan fingerprint density at radius 2 is 0.589 bits per heavy atom. The van der Waals surface area contributed by atoms with Crippen molar-refractivity contribution < 1.29 is 38.1 Å². The van der Waals surface area contributed by atoms with Gasteiger partial charge < -0.3 is 38.5 Å². The minimum absolute atomic E-state index is 0.231. The van der Waals surface area contributed by atoms with E-state index >= 15 is 0 Å². The summed E-state index contributed by atoms with van der Waals surface area (Å²) >= 11 is 0. The summed E-state index contributed by atoms with van der Waals surface area (Å²) in [7, 11) is 0. The highest BCUT2D eigenvalue weighted by molar-refractivity contribution is 5.92. The molecule has 5 heterocycles. The van der Waals surface area contributed by atoms with E-state index in [4.69, 9.17) is 18.9 Å². The number of carbonyl (C=O) groups excluding carboxylic acids is 4. The highest BCUT2D eigenvalue weighted by Gasteiger charge is 2.22. The number of hydrogen-bond acceptors (Lipinski definition) is 16. The summed E-state index contributed by atoms with van der Waals surface area (Å²) in [4.78, 5) is 77.0. The van der Waals surface area contributed by atoms with Gasteiger partial charge in [-0.1, -0.05) is 0 Å².